The molecule has 0 fully saturated rings. The maximum absolute atomic E-state index is 11.9. The molecule has 1 rings (SSSR count). The lowest BCUT2D eigenvalue weighted by molar-refractivity contribution is -0.136. The van der Waals surface area contributed by atoms with Gasteiger partial charge in [-0.2, -0.15) is 13.2 Å². The molecular formula is C13H17ClF3NO. The number of halogens is 4. The van der Waals surface area contributed by atoms with E-state index in [0.29, 0.717) is 10.8 Å². The van der Waals surface area contributed by atoms with Gasteiger partial charge in [-0.15, -0.1) is 0 Å². The van der Waals surface area contributed by atoms with Crippen LogP contribution in [0.5, 0.6) is 5.75 Å². The molecule has 1 aromatic rings. The van der Waals surface area contributed by atoms with Crippen LogP contribution in [0.1, 0.15) is 31.4 Å². The lowest BCUT2D eigenvalue weighted by Gasteiger charge is -2.14. The van der Waals surface area contributed by atoms with Crippen LogP contribution in [-0.2, 0) is 0 Å². The lowest BCUT2D eigenvalue weighted by atomic mass is 10.1. The van der Waals surface area contributed by atoms with E-state index in [-0.39, 0.29) is 19.1 Å². The smallest absolute Gasteiger partial charge is 0.389 e. The van der Waals surface area contributed by atoms with Gasteiger partial charge in [0, 0.05) is 17.5 Å². The maximum atomic E-state index is 11.9. The van der Waals surface area contributed by atoms with Crippen LogP contribution >= 0.6 is 11.6 Å². The van der Waals surface area contributed by atoms with E-state index in [2.05, 4.69) is 5.32 Å². The van der Waals surface area contributed by atoms with E-state index in [9.17, 15) is 13.2 Å². The van der Waals surface area contributed by atoms with Gasteiger partial charge in [0.25, 0.3) is 0 Å². The molecule has 0 aliphatic rings. The monoisotopic (exact) mass is 295 g/mol. The standard InChI is InChI=1S/C13H17ClF3NO/c1-9(18-2)11-5-4-10(8-12(11)14)19-7-3-6-13(15,16)17/h4-5,8-9,18H,3,6-7H2,1-2H3. The predicted molar refractivity (Wildman–Crippen MR) is 69.7 cm³/mol. The fourth-order valence-electron chi connectivity index (χ4n) is 1.57. The van der Waals surface area contributed by atoms with Crippen LogP contribution in [0.2, 0.25) is 5.02 Å². The zero-order valence-corrected chi connectivity index (χ0v) is 11.6. The summed E-state index contributed by atoms with van der Waals surface area (Å²) >= 11 is 6.09. The Morgan fingerprint density at radius 1 is 1.37 bits per heavy atom. The van der Waals surface area contributed by atoms with E-state index in [1.807, 2.05) is 20.0 Å². The van der Waals surface area contributed by atoms with Crippen molar-refractivity contribution in [3.8, 4) is 5.75 Å². The van der Waals surface area contributed by atoms with Crippen molar-refractivity contribution in [2.24, 2.45) is 0 Å². The van der Waals surface area contributed by atoms with Crippen molar-refractivity contribution in [3.63, 3.8) is 0 Å². The largest absolute Gasteiger partial charge is 0.494 e. The van der Waals surface area contributed by atoms with Crippen molar-refractivity contribution < 1.29 is 17.9 Å². The van der Waals surface area contributed by atoms with Crippen LogP contribution in [0, 0.1) is 0 Å². The van der Waals surface area contributed by atoms with Crippen molar-refractivity contribution in [2.75, 3.05) is 13.7 Å². The summed E-state index contributed by atoms with van der Waals surface area (Å²) in [6.07, 6.45) is -5.03. The Kier molecular flexibility index (Phi) is 5.94. The van der Waals surface area contributed by atoms with Gasteiger partial charge in [0.2, 0.25) is 0 Å². The van der Waals surface area contributed by atoms with Gasteiger partial charge in [-0.1, -0.05) is 17.7 Å². The molecule has 0 aromatic heterocycles. The van der Waals surface area contributed by atoms with Crippen LogP contribution < -0.4 is 10.1 Å². The molecule has 108 valence electrons. The van der Waals surface area contributed by atoms with Gasteiger partial charge < -0.3 is 10.1 Å². The molecule has 1 atom stereocenters. The van der Waals surface area contributed by atoms with Gasteiger partial charge in [0.05, 0.1) is 6.61 Å². The first kappa shape index (κ1) is 16.1. The number of rotatable bonds is 6. The third kappa shape index (κ3) is 5.70. The van der Waals surface area contributed by atoms with Gasteiger partial charge in [0.15, 0.2) is 0 Å². The molecule has 0 amide bonds. The van der Waals surface area contributed by atoms with E-state index in [1.165, 1.54) is 0 Å². The van der Waals surface area contributed by atoms with Crippen molar-refractivity contribution in [1.29, 1.82) is 0 Å². The van der Waals surface area contributed by atoms with Crippen LogP contribution in [0.15, 0.2) is 18.2 Å². The third-order valence-electron chi connectivity index (χ3n) is 2.74. The Balaban J connectivity index is 2.50. The molecule has 0 saturated heterocycles. The molecule has 0 saturated carbocycles. The summed E-state index contributed by atoms with van der Waals surface area (Å²) in [5.74, 6) is 0.485. The lowest BCUT2D eigenvalue weighted by Crippen LogP contribution is -2.13. The number of hydrogen-bond acceptors (Lipinski definition) is 2. The van der Waals surface area contributed by atoms with E-state index in [1.54, 1.807) is 12.1 Å². The number of ether oxygens (including phenoxy) is 1. The quantitative estimate of drug-likeness (QED) is 0.788. The van der Waals surface area contributed by atoms with Crippen LogP contribution in [-0.4, -0.2) is 19.8 Å². The van der Waals surface area contributed by atoms with Crippen LogP contribution in [0.25, 0.3) is 0 Å². The second kappa shape index (κ2) is 7.01. The Bertz CT molecular complexity index is 409. The molecule has 0 bridgehead atoms. The highest BCUT2D eigenvalue weighted by molar-refractivity contribution is 6.31. The zero-order chi connectivity index (χ0) is 14.5. The summed E-state index contributed by atoms with van der Waals surface area (Å²) in [7, 11) is 1.82. The number of hydrogen-bond donors (Lipinski definition) is 1. The van der Waals surface area contributed by atoms with E-state index < -0.39 is 12.6 Å². The van der Waals surface area contributed by atoms with Crippen LogP contribution in [0.3, 0.4) is 0 Å². The molecule has 2 nitrogen and oxygen atoms in total. The van der Waals surface area contributed by atoms with Crippen LogP contribution in [0.4, 0.5) is 13.2 Å². The molecule has 19 heavy (non-hydrogen) atoms. The molecule has 1 N–H and O–H groups in total. The average molecular weight is 296 g/mol. The predicted octanol–water partition coefficient (Wildman–Crippen LogP) is 4.34. The normalized spacial score (nSPS) is 13.4. The zero-order valence-electron chi connectivity index (χ0n) is 10.9. The second-order valence-electron chi connectivity index (χ2n) is 4.26. The Labute approximate surface area is 115 Å². The highest BCUT2D eigenvalue weighted by Crippen LogP contribution is 2.27. The number of alkyl halides is 3. The minimum atomic E-state index is -4.13. The SMILES string of the molecule is CNC(C)c1ccc(OCCCC(F)(F)F)cc1Cl. The van der Waals surface area contributed by atoms with Gasteiger partial charge in [0.1, 0.15) is 5.75 Å². The molecule has 0 aliphatic heterocycles. The highest BCUT2D eigenvalue weighted by atomic mass is 35.5. The summed E-state index contributed by atoms with van der Waals surface area (Å²) in [5, 5.41) is 3.60. The third-order valence-corrected chi connectivity index (χ3v) is 3.07. The van der Waals surface area contributed by atoms with Gasteiger partial charge in [-0.05, 0) is 38.1 Å². The number of benzene rings is 1. The average Bonchev–Trinajstić information content (AvgIpc) is 2.33. The second-order valence-corrected chi connectivity index (χ2v) is 4.67. The van der Waals surface area contributed by atoms with Crippen molar-refractivity contribution in [2.45, 2.75) is 32.0 Å². The van der Waals surface area contributed by atoms with E-state index in [0.717, 1.165) is 5.56 Å². The highest BCUT2D eigenvalue weighted by Gasteiger charge is 2.26. The Hall–Kier alpha value is -0.940. The van der Waals surface area contributed by atoms with E-state index >= 15 is 0 Å². The molecular weight excluding hydrogens is 279 g/mol. The molecule has 1 unspecified atom stereocenters. The topological polar surface area (TPSA) is 21.3 Å². The van der Waals surface area contributed by atoms with Gasteiger partial charge in [-0.25, -0.2) is 0 Å². The molecule has 0 aliphatic carbocycles. The fraction of sp³-hybridized carbons (Fsp3) is 0.538. The van der Waals surface area contributed by atoms with Gasteiger partial charge in [-0.3, -0.25) is 0 Å². The van der Waals surface area contributed by atoms with Crippen molar-refractivity contribution >= 4 is 11.6 Å². The molecule has 0 radical (unpaired) electrons. The fourth-order valence-corrected chi connectivity index (χ4v) is 1.90. The summed E-state index contributed by atoms with van der Waals surface area (Å²) in [6, 6.07) is 5.25. The molecule has 0 spiro atoms. The van der Waals surface area contributed by atoms with Crippen molar-refractivity contribution in [1.82, 2.24) is 5.32 Å². The Morgan fingerprint density at radius 2 is 2.05 bits per heavy atom. The minimum absolute atomic E-state index is 0.0246. The van der Waals surface area contributed by atoms with E-state index in [4.69, 9.17) is 16.3 Å². The maximum Gasteiger partial charge on any atom is 0.389 e. The number of nitrogens with one attached hydrogen (secondary N) is 1. The molecule has 6 heteroatoms. The van der Waals surface area contributed by atoms with Gasteiger partial charge >= 0.3 is 6.18 Å². The molecule has 1 aromatic carbocycles. The molecule has 0 heterocycles. The minimum Gasteiger partial charge on any atom is -0.494 e. The first-order chi connectivity index (χ1) is 8.83. The summed E-state index contributed by atoms with van der Waals surface area (Å²) in [6.45, 7) is 1.99. The first-order valence-electron chi connectivity index (χ1n) is 6.00. The van der Waals surface area contributed by atoms with Crippen molar-refractivity contribution in [3.05, 3.63) is 28.8 Å². The Morgan fingerprint density at radius 3 is 2.58 bits per heavy atom. The summed E-state index contributed by atoms with van der Waals surface area (Å²) in [4.78, 5) is 0. The summed E-state index contributed by atoms with van der Waals surface area (Å²) in [5.41, 5.74) is 0.923. The summed E-state index contributed by atoms with van der Waals surface area (Å²) < 4.78 is 41.1. The first-order valence-corrected chi connectivity index (χ1v) is 6.37.